The third-order valence-corrected chi connectivity index (χ3v) is 3.98. The number of rotatable bonds is 6. The van der Waals surface area contributed by atoms with Crippen LogP contribution < -0.4 is 10.5 Å². The minimum absolute atomic E-state index is 0.0202. The van der Waals surface area contributed by atoms with Crippen molar-refractivity contribution < 1.29 is 14.2 Å². The summed E-state index contributed by atoms with van der Waals surface area (Å²) >= 11 is 3.52. The molecule has 0 aliphatic carbocycles. The molecular formula is C14H20BrNO3. The normalized spacial score (nSPS) is 20.5. The Morgan fingerprint density at radius 1 is 1.47 bits per heavy atom. The minimum Gasteiger partial charge on any atom is -0.490 e. The van der Waals surface area contributed by atoms with Crippen LogP contribution in [0.15, 0.2) is 22.7 Å². The number of halogens is 1. The van der Waals surface area contributed by atoms with Crippen LogP contribution in [0.3, 0.4) is 0 Å². The summed E-state index contributed by atoms with van der Waals surface area (Å²) in [4.78, 5) is 0. The van der Waals surface area contributed by atoms with Crippen LogP contribution in [0.25, 0.3) is 0 Å². The van der Waals surface area contributed by atoms with Gasteiger partial charge in [-0.1, -0.05) is 6.07 Å². The summed E-state index contributed by atoms with van der Waals surface area (Å²) in [5, 5.41) is 0. The Labute approximate surface area is 122 Å². The zero-order valence-electron chi connectivity index (χ0n) is 11.1. The average molecular weight is 330 g/mol. The lowest BCUT2D eigenvalue weighted by atomic mass is 9.93. The standard InChI is InChI=1S/C14H20BrNO3/c1-17-6-7-19-13-3-2-10(8-12(13)15)14(16)11-4-5-18-9-11/h2-3,8,11,14H,4-7,9,16H2,1H3. The van der Waals surface area contributed by atoms with Crippen molar-refractivity contribution in [2.75, 3.05) is 33.5 Å². The minimum atomic E-state index is 0.0202. The molecule has 0 radical (unpaired) electrons. The van der Waals surface area contributed by atoms with E-state index in [1.54, 1.807) is 7.11 Å². The van der Waals surface area contributed by atoms with Crippen molar-refractivity contribution in [2.24, 2.45) is 11.7 Å². The van der Waals surface area contributed by atoms with E-state index in [4.69, 9.17) is 19.9 Å². The summed E-state index contributed by atoms with van der Waals surface area (Å²) in [6, 6.07) is 6.03. The Bertz CT molecular complexity index is 408. The van der Waals surface area contributed by atoms with Crippen molar-refractivity contribution in [3.63, 3.8) is 0 Å². The lowest BCUT2D eigenvalue weighted by Gasteiger charge is -2.19. The molecule has 1 aliphatic rings. The van der Waals surface area contributed by atoms with Gasteiger partial charge in [-0.25, -0.2) is 0 Å². The van der Waals surface area contributed by atoms with E-state index in [0.717, 1.165) is 35.4 Å². The first-order chi connectivity index (χ1) is 9.22. The number of hydrogen-bond acceptors (Lipinski definition) is 4. The number of hydrogen-bond donors (Lipinski definition) is 1. The van der Waals surface area contributed by atoms with Gasteiger partial charge in [0.2, 0.25) is 0 Å². The van der Waals surface area contributed by atoms with Crippen LogP contribution in [-0.4, -0.2) is 33.5 Å². The van der Waals surface area contributed by atoms with Crippen LogP contribution in [0.1, 0.15) is 18.0 Å². The van der Waals surface area contributed by atoms with Crippen LogP contribution in [0.5, 0.6) is 5.75 Å². The van der Waals surface area contributed by atoms with Crippen molar-refractivity contribution in [3.05, 3.63) is 28.2 Å². The Hall–Kier alpha value is -0.620. The highest BCUT2D eigenvalue weighted by Crippen LogP contribution is 2.32. The second kappa shape index (κ2) is 7.24. The summed E-state index contributed by atoms with van der Waals surface area (Å²) in [7, 11) is 1.66. The van der Waals surface area contributed by atoms with Crippen molar-refractivity contribution >= 4 is 15.9 Å². The molecule has 2 atom stereocenters. The number of benzene rings is 1. The molecule has 106 valence electrons. The van der Waals surface area contributed by atoms with E-state index in [1.807, 2.05) is 18.2 Å². The van der Waals surface area contributed by atoms with E-state index in [2.05, 4.69) is 15.9 Å². The predicted molar refractivity (Wildman–Crippen MR) is 77.4 cm³/mol. The van der Waals surface area contributed by atoms with Crippen molar-refractivity contribution in [1.29, 1.82) is 0 Å². The Kier molecular flexibility index (Phi) is 5.63. The molecule has 4 nitrogen and oxygen atoms in total. The van der Waals surface area contributed by atoms with Crippen LogP contribution >= 0.6 is 15.9 Å². The lowest BCUT2D eigenvalue weighted by Crippen LogP contribution is -2.21. The molecular weight excluding hydrogens is 310 g/mol. The Morgan fingerprint density at radius 3 is 2.95 bits per heavy atom. The monoisotopic (exact) mass is 329 g/mol. The van der Waals surface area contributed by atoms with Crippen LogP contribution in [0, 0.1) is 5.92 Å². The topological polar surface area (TPSA) is 53.7 Å². The summed E-state index contributed by atoms with van der Waals surface area (Å²) in [6.07, 6.45) is 1.03. The van der Waals surface area contributed by atoms with Gasteiger partial charge in [-0.2, -0.15) is 0 Å². The van der Waals surface area contributed by atoms with Gasteiger partial charge in [0, 0.05) is 25.7 Å². The highest BCUT2D eigenvalue weighted by molar-refractivity contribution is 9.10. The summed E-state index contributed by atoms with van der Waals surface area (Å²) in [5.74, 6) is 1.22. The van der Waals surface area contributed by atoms with Crippen LogP contribution in [0.4, 0.5) is 0 Å². The van der Waals surface area contributed by atoms with Gasteiger partial charge in [-0.05, 0) is 40.0 Å². The quantitative estimate of drug-likeness (QED) is 0.815. The van der Waals surface area contributed by atoms with Crippen molar-refractivity contribution in [1.82, 2.24) is 0 Å². The van der Waals surface area contributed by atoms with Gasteiger partial charge in [0.1, 0.15) is 12.4 Å². The molecule has 1 heterocycles. The zero-order chi connectivity index (χ0) is 13.7. The van der Waals surface area contributed by atoms with Crippen LogP contribution in [-0.2, 0) is 9.47 Å². The molecule has 1 aliphatic heterocycles. The predicted octanol–water partition coefficient (Wildman–Crippen LogP) is 2.51. The van der Waals surface area contributed by atoms with E-state index < -0.39 is 0 Å². The average Bonchev–Trinajstić information content (AvgIpc) is 2.94. The van der Waals surface area contributed by atoms with E-state index in [1.165, 1.54) is 0 Å². The first kappa shape index (κ1) is 14.8. The third-order valence-electron chi connectivity index (χ3n) is 3.36. The lowest BCUT2D eigenvalue weighted by molar-refractivity contribution is 0.146. The SMILES string of the molecule is COCCOc1ccc(C(N)C2CCOC2)cc1Br. The second-order valence-electron chi connectivity index (χ2n) is 4.68. The first-order valence-electron chi connectivity index (χ1n) is 6.47. The molecule has 0 aromatic heterocycles. The molecule has 19 heavy (non-hydrogen) atoms. The first-order valence-corrected chi connectivity index (χ1v) is 7.26. The van der Waals surface area contributed by atoms with Gasteiger partial charge >= 0.3 is 0 Å². The second-order valence-corrected chi connectivity index (χ2v) is 5.53. The van der Waals surface area contributed by atoms with Crippen molar-refractivity contribution in [3.8, 4) is 5.75 Å². The largest absolute Gasteiger partial charge is 0.490 e. The summed E-state index contributed by atoms with van der Waals surface area (Å²) in [6.45, 7) is 2.69. The molecule has 2 rings (SSSR count). The molecule has 1 aromatic rings. The maximum Gasteiger partial charge on any atom is 0.133 e. The van der Waals surface area contributed by atoms with Crippen LogP contribution in [0.2, 0.25) is 0 Å². The van der Waals surface area contributed by atoms with Crippen molar-refractivity contribution in [2.45, 2.75) is 12.5 Å². The molecule has 5 heteroatoms. The summed E-state index contributed by atoms with van der Waals surface area (Å²) in [5.41, 5.74) is 7.39. The third kappa shape index (κ3) is 3.92. The fourth-order valence-electron chi connectivity index (χ4n) is 2.18. The molecule has 1 aromatic carbocycles. The zero-order valence-corrected chi connectivity index (χ0v) is 12.7. The molecule has 0 bridgehead atoms. The molecule has 0 spiro atoms. The van der Waals surface area contributed by atoms with E-state index >= 15 is 0 Å². The number of ether oxygens (including phenoxy) is 3. The van der Waals surface area contributed by atoms with E-state index in [9.17, 15) is 0 Å². The smallest absolute Gasteiger partial charge is 0.133 e. The van der Waals surface area contributed by atoms with Gasteiger partial charge in [0.25, 0.3) is 0 Å². The highest BCUT2D eigenvalue weighted by atomic mass is 79.9. The Morgan fingerprint density at radius 2 is 2.32 bits per heavy atom. The molecule has 1 saturated heterocycles. The maximum atomic E-state index is 6.28. The summed E-state index contributed by atoms with van der Waals surface area (Å²) < 4.78 is 16.9. The number of methoxy groups -OCH3 is 1. The van der Waals surface area contributed by atoms with Gasteiger partial charge in [-0.3, -0.25) is 0 Å². The fraction of sp³-hybridized carbons (Fsp3) is 0.571. The molecule has 0 saturated carbocycles. The van der Waals surface area contributed by atoms with Gasteiger partial charge in [0.05, 0.1) is 17.7 Å². The van der Waals surface area contributed by atoms with E-state index in [-0.39, 0.29) is 6.04 Å². The van der Waals surface area contributed by atoms with E-state index in [0.29, 0.717) is 19.1 Å². The highest BCUT2D eigenvalue weighted by Gasteiger charge is 2.24. The van der Waals surface area contributed by atoms with Gasteiger partial charge < -0.3 is 19.9 Å². The fourth-order valence-corrected chi connectivity index (χ4v) is 2.70. The van der Waals surface area contributed by atoms with Gasteiger partial charge in [-0.15, -0.1) is 0 Å². The molecule has 1 fully saturated rings. The molecule has 0 amide bonds. The maximum absolute atomic E-state index is 6.28. The number of nitrogens with two attached hydrogens (primary N) is 1. The molecule has 2 unspecified atom stereocenters. The Balaban J connectivity index is 2.00. The molecule has 2 N–H and O–H groups in total. The van der Waals surface area contributed by atoms with Gasteiger partial charge in [0.15, 0.2) is 0 Å².